The Bertz CT molecular complexity index is 1030. The van der Waals surface area contributed by atoms with Crippen molar-refractivity contribution in [1.82, 2.24) is 9.55 Å². The van der Waals surface area contributed by atoms with Crippen LogP contribution in [0.4, 0.5) is 0 Å². The smallest absolute Gasteiger partial charge is 0.143 e. The van der Waals surface area contributed by atoms with E-state index < -0.39 is 0 Å². The molecule has 2 nitrogen and oxygen atoms in total. The molecule has 1 aromatic heterocycles. The summed E-state index contributed by atoms with van der Waals surface area (Å²) < 4.78 is 4.20. The highest BCUT2D eigenvalue weighted by Crippen LogP contribution is 2.40. The van der Waals surface area contributed by atoms with Crippen LogP contribution < -0.4 is 0 Å². The maximum Gasteiger partial charge on any atom is 0.143 e. The van der Waals surface area contributed by atoms with E-state index in [4.69, 9.17) is 4.98 Å². The first-order valence-corrected chi connectivity index (χ1v) is 10.9. The second-order valence-electron chi connectivity index (χ2n) is 6.02. The van der Waals surface area contributed by atoms with E-state index in [9.17, 15) is 0 Å². The third-order valence-corrected chi connectivity index (χ3v) is 5.70. The van der Waals surface area contributed by atoms with Crippen LogP contribution in [-0.4, -0.2) is 9.55 Å². The number of rotatable bonds is 3. The van der Waals surface area contributed by atoms with Crippen molar-refractivity contribution in [3.8, 4) is 33.9 Å². The maximum absolute atomic E-state index is 5.05. The molecule has 0 unspecified atom stereocenters. The van der Waals surface area contributed by atoms with Crippen LogP contribution in [0.1, 0.15) is 13.8 Å². The molecule has 0 amide bonds. The van der Waals surface area contributed by atoms with Gasteiger partial charge in [0, 0.05) is 32.7 Å². The fourth-order valence-corrected chi connectivity index (χ4v) is 4.51. The van der Waals surface area contributed by atoms with Crippen molar-refractivity contribution < 1.29 is 0 Å². The van der Waals surface area contributed by atoms with Gasteiger partial charge in [-0.15, -0.1) is 0 Å². The normalized spacial score (nSPS) is 10.3. The van der Waals surface area contributed by atoms with E-state index in [1.165, 1.54) is 0 Å². The minimum absolute atomic E-state index is 0.919. The zero-order valence-corrected chi connectivity index (χ0v) is 19.3. The van der Waals surface area contributed by atoms with Crippen LogP contribution in [0.3, 0.4) is 0 Å². The largest absolute Gasteiger partial charge is 0.327 e. The molecular formula is C24H22Br2N2. The monoisotopic (exact) mass is 496 g/mol. The van der Waals surface area contributed by atoms with Gasteiger partial charge in [0.25, 0.3) is 0 Å². The summed E-state index contributed by atoms with van der Waals surface area (Å²) in [7, 11) is 2.07. The minimum atomic E-state index is 0.919. The van der Waals surface area contributed by atoms with Crippen LogP contribution in [0.25, 0.3) is 33.9 Å². The molecule has 0 radical (unpaired) electrons. The van der Waals surface area contributed by atoms with E-state index in [0.29, 0.717) is 0 Å². The lowest BCUT2D eigenvalue weighted by molar-refractivity contribution is 0.931. The molecule has 0 saturated carbocycles. The summed E-state index contributed by atoms with van der Waals surface area (Å²) in [5.41, 5.74) is 5.40. The standard InChI is InChI=1S/C22H16Br2N2.C2H6/c1-26-21(16-11-6-3-7-12-16)20(15-9-4-2-5-10-15)25-22(26)19-17(23)13-8-14-18(19)24;1-2/h2-14H,1H3;1-2H3. The Kier molecular flexibility index (Phi) is 6.87. The van der Waals surface area contributed by atoms with E-state index in [1.807, 2.05) is 56.3 Å². The highest BCUT2D eigenvalue weighted by molar-refractivity contribution is 9.11. The molecule has 0 aliphatic heterocycles. The molecule has 4 aromatic rings. The van der Waals surface area contributed by atoms with Crippen molar-refractivity contribution in [3.63, 3.8) is 0 Å². The van der Waals surface area contributed by atoms with Gasteiger partial charge >= 0.3 is 0 Å². The molecule has 142 valence electrons. The van der Waals surface area contributed by atoms with Crippen molar-refractivity contribution in [2.45, 2.75) is 13.8 Å². The predicted octanol–water partition coefficient (Wildman–Crippen LogP) is 7.97. The molecule has 0 N–H and O–H groups in total. The molecule has 0 bridgehead atoms. The average molecular weight is 498 g/mol. The van der Waals surface area contributed by atoms with Gasteiger partial charge in [-0.05, 0) is 44.0 Å². The lowest BCUT2D eigenvalue weighted by atomic mass is 10.1. The number of benzene rings is 3. The Labute approximate surface area is 183 Å². The number of nitrogens with zero attached hydrogens (tertiary/aromatic N) is 2. The van der Waals surface area contributed by atoms with Crippen LogP contribution in [0.5, 0.6) is 0 Å². The van der Waals surface area contributed by atoms with Gasteiger partial charge in [-0.25, -0.2) is 4.98 Å². The van der Waals surface area contributed by atoms with Gasteiger partial charge in [0.1, 0.15) is 5.82 Å². The molecule has 28 heavy (non-hydrogen) atoms. The Morgan fingerprint density at radius 2 is 1.18 bits per heavy atom. The van der Waals surface area contributed by atoms with Crippen LogP contribution in [0.15, 0.2) is 87.8 Å². The van der Waals surface area contributed by atoms with E-state index in [0.717, 1.165) is 42.8 Å². The van der Waals surface area contributed by atoms with Crippen molar-refractivity contribution in [3.05, 3.63) is 87.8 Å². The first-order valence-electron chi connectivity index (χ1n) is 9.28. The molecule has 1 heterocycles. The highest BCUT2D eigenvalue weighted by atomic mass is 79.9. The first-order chi connectivity index (χ1) is 13.7. The topological polar surface area (TPSA) is 17.8 Å². The summed E-state index contributed by atoms with van der Waals surface area (Å²) in [5, 5.41) is 0. The number of hydrogen-bond donors (Lipinski definition) is 0. The fourth-order valence-electron chi connectivity index (χ4n) is 3.16. The van der Waals surface area contributed by atoms with Crippen LogP contribution in [0, 0.1) is 0 Å². The van der Waals surface area contributed by atoms with Gasteiger partial charge < -0.3 is 4.57 Å². The van der Waals surface area contributed by atoms with Crippen molar-refractivity contribution >= 4 is 31.9 Å². The summed E-state index contributed by atoms with van der Waals surface area (Å²) in [4.78, 5) is 5.05. The fraction of sp³-hybridized carbons (Fsp3) is 0.125. The summed E-state index contributed by atoms with van der Waals surface area (Å²) in [6, 6.07) is 26.8. The van der Waals surface area contributed by atoms with Gasteiger partial charge in [-0.3, -0.25) is 0 Å². The summed E-state index contributed by atoms with van der Waals surface area (Å²) in [6.07, 6.45) is 0. The van der Waals surface area contributed by atoms with Crippen LogP contribution in [0.2, 0.25) is 0 Å². The van der Waals surface area contributed by atoms with E-state index >= 15 is 0 Å². The summed E-state index contributed by atoms with van der Waals surface area (Å²) >= 11 is 7.36. The van der Waals surface area contributed by atoms with Gasteiger partial charge in [-0.2, -0.15) is 0 Å². The van der Waals surface area contributed by atoms with E-state index in [1.54, 1.807) is 0 Å². The number of aromatic nitrogens is 2. The van der Waals surface area contributed by atoms with Gasteiger partial charge in [0.05, 0.1) is 11.4 Å². The van der Waals surface area contributed by atoms with Crippen molar-refractivity contribution in [2.75, 3.05) is 0 Å². The quantitative estimate of drug-likeness (QED) is 0.280. The van der Waals surface area contributed by atoms with Crippen molar-refractivity contribution in [1.29, 1.82) is 0 Å². The number of halogens is 2. The summed E-state index contributed by atoms with van der Waals surface area (Å²) in [5.74, 6) is 0.919. The molecule has 0 fully saturated rings. The molecule has 0 spiro atoms. The molecule has 0 saturated heterocycles. The summed E-state index contributed by atoms with van der Waals surface area (Å²) in [6.45, 7) is 4.00. The average Bonchev–Trinajstić information content (AvgIpc) is 3.08. The van der Waals surface area contributed by atoms with Crippen LogP contribution in [-0.2, 0) is 7.05 Å². The molecule has 3 aromatic carbocycles. The molecule has 4 rings (SSSR count). The Balaban J connectivity index is 0.00000109. The van der Waals surface area contributed by atoms with E-state index in [2.05, 4.69) is 79.9 Å². The third-order valence-electron chi connectivity index (χ3n) is 4.38. The highest BCUT2D eigenvalue weighted by Gasteiger charge is 2.21. The molecule has 0 aliphatic carbocycles. The molecule has 4 heteroatoms. The van der Waals surface area contributed by atoms with Gasteiger partial charge in [-0.1, -0.05) is 80.6 Å². The second-order valence-corrected chi connectivity index (χ2v) is 7.73. The van der Waals surface area contributed by atoms with E-state index in [-0.39, 0.29) is 0 Å². The zero-order valence-electron chi connectivity index (χ0n) is 16.2. The van der Waals surface area contributed by atoms with Gasteiger partial charge in [0.2, 0.25) is 0 Å². The van der Waals surface area contributed by atoms with Crippen LogP contribution >= 0.6 is 31.9 Å². The second kappa shape index (κ2) is 9.35. The maximum atomic E-state index is 5.05. The Morgan fingerprint density at radius 1 is 0.679 bits per heavy atom. The predicted molar refractivity (Wildman–Crippen MR) is 126 cm³/mol. The minimum Gasteiger partial charge on any atom is -0.327 e. The Morgan fingerprint density at radius 3 is 1.71 bits per heavy atom. The third kappa shape index (κ3) is 3.98. The Hall–Kier alpha value is -2.17. The van der Waals surface area contributed by atoms with Crippen molar-refractivity contribution in [2.24, 2.45) is 7.05 Å². The number of hydrogen-bond acceptors (Lipinski definition) is 1. The SMILES string of the molecule is CC.Cn1c(-c2c(Br)cccc2Br)nc(-c2ccccc2)c1-c1ccccc1. The lowest BCUT2D eigenvalue weighted by Gasteiger charge is -2.10. The molecule has 0 aliphatic rings. The molecule has 0 atom stereocenters. The number of imidazole rings is 1. The zero-order chi connectivity index (χ0) is 20.1. The molecular weight excluding hydrogens is 476 g/mol. The lowest BCUT2D eigenvalue weighted by Crippen LogP contribution is -1.97. The van der Waals surface area contributed by atoms with Gasteiger partial charge in [0.15, 0.2) is 0 Å². The first kappa shape index (κ1) is 20.6.